The Balaban J connectivity index is 3.61. The minimum absolute atomic E-state index is 0.0715. The van der Waals surface area contributed by atoms with E-state index < -0.39 is 6.10 Å². The third kappa shape index (κ3) is 29.4. The van der Waals surface area contributed by atoms with Crippen LogP contribution in [0.4, 0.5) is 0 Å². The third-order valence-electron chi connectivity index (χ3n) is 7.22. The molecular weight excluding hydrogens is 500 g/mol. The Morgan fingerprint density at radius 1 is 0.550 bits per heavy atom. The van der Waals surface area contributed by atoms with Gasteiger partial charge >= 0.3 is 11.9 Å². The molecule has 5 nitrogen and oxygen atoms in total. The molecule has 0 unspecified atom stereocenters. The molecule has 0 aliphatic rings. The average molecular weight is 565 g/mol. The van der Waals surface area contributed by atoms with Crippen LogP contribution in [0.25, 0.3) is 0 Å². The molecule has 0 aromatic carbocycles. The first kappa shape index (κ1) is 38.4. The van der Waals surface area contributed by atoms with Gasteiger partial charge in [0.15, 0.2) is 6.10 Å². The number of unbranched alkanes of at least 4 members (excludes halogenated alkanes) is 18. The van der Waals surface area contributed by atoms with Crippen molar-refractivity contribution >= 4 is 11.9 Å². The summed E-state index contributed by atoms with van der Waals surface area (Å²) in [6, 6.07) is 0. The number of hydrogen-bond acceptors (Lipinski definition) is 5. The van der Waals surface area contributed by atoms with E-state index in [4.69, 9.17) is 9.47 Å². The van der Waals surface area contributed by atoms with Gasteiger partial charge in [-0.2, -0.15) is 0 Å². The summed E-state index contributed by atoms with van der Waals surface area (Å²) in [5, 5.41) is 9.49. The van der Waals surface area contributed by atoms with Gasteiger partial charge in [0.2, 0.25) is 0 Å². The summed E-state index contributed by atoms with van der Waals surface area (Å²) in [5.41, 5.74) is 0. The van der Waals surface area contributed by atoms with E-state index in [9.17, 15) is 14.7 Å². The van der Waals surface area contributed by atoms with Crippen LogP contribution < -0.4 is 0 Å². The van der Waals surface area contributed by atoms with E-state index in [0.29, 0.717) is 12.8 Å². The minimum Gasteiger partial charge on any atom is -0.462 e. The minimum atomic E-state index is -0.773. The van der Waals surface area contributed by atoms with Gasteiger partial charge in [-0.1, -0.05) is 115 Å². The van der Waals surface area contributed by atoms with Crippen molar-refractivity contribution in [3.8, 4) is 0 Å². The smallest absolute Gasteiger partial charge is 0.306 e. The molecule has 0 fully saturated rings. The molecule has 0 spiro atoms. The van der Waals surface area contributed by atoms with Crippen molar-refractivity contribution in [1.82, 2.24) is 0 Å². The number of esters is 2. The van der Waals surface area contributed by atoms with Gasteiger partial charge in [0, 0.05) is 12.8 Å². The summed E-state index contributed by atoms with van der Waals surface area (Å²) in [5.74, 6) is -0.612. The molecule has 0 radical (unpaired) electrons. The van der Waals surface area contributed by atoms with Crippen LogP contribution in [0.5, 0.6) is 0 Å². The molecule has 0 bridgehead atoms. The van der Waals surface area contributed by atoms with Crippen LogP contribution in [0.3, 0.4) is 0 Å². The lowest BCUT2D eigenvalue weighted by Crippen LogP contribution is -2.28. The maximum atomic E-state index is 12.1. The van der Waals surface area contributed by atoms with Gasteiger partial charge in [-0.3, -0.25) is 9.59 Å². The second kappa shape index (κ2) is 31.9. The van der Waals surface area contributed by atoms with Gasteiger partial charge in [0.25, 0.3) is 0 Å². The normalized spacial score (nSPS) is 12.4. The molecule has 5 heteroatoms. The van der Waals surface area contributed by atoms with Crippen LogP contribution in [-0.4, -0.2) is 36.4 Å². The standard InChI is InChI=1S/C35H64O5/c1-3-5-7-9-11-13-15-17-19-21-23-25-27-29-34(37)39-32-33(31-36)40-35(38)30-28-26-24-22-20-18-16-14-12-10-8-6-4-2/h13-16,33,36H,3-12,17-32H2,1-2H3/b15-13+,16-14+/t33-/m0/s1. The Morgan fingerprint density at radius 3 is 1.35 bits per heavy atom. The van der Waals surface area contributed by atoms with E-state index in [0.717, 1.165) is 51.4 Å². The van der Waals surface area contributed by atoms with Crippen molar-refractivity contribution in [3.63, 3.8) is 0 Å². The number of allylic oxidation sites excluding steroid dienone is 4. The number of aliphatic hydroxyl groups is 1. The van der Waals surface area contributed by atoms with E-state index in [-0.39, 0.29) is 25.2 Å². The first-order valence-corrected chi connectivity index (χ1v) is 16.9. The number of aliphatic hydroxyl groups excluding tert-OH is 1. The lowest BCUT2D eigenvalue weighted by atomic mass is 10.1. The molecule has 0 saturated heterocycles. The Morgan fingerprint density at radius 2 is 0.925 bits per heavy atom. The molecular formula is C35H64O5. The van der Waals surface area contributed by atoms with Crippen molar-refractivity contribution in [1.29, 1.82) is 0 Å². The van der Waals surface area contributed by atoms with Crippen LogP contribution >= 0.6 is 0 Å². The third-order valence-corrected chi connectivity index (χ3v) is 7.22. The second-order valence-corrected chi connectivity index (χ2v) is 11.2. The highest BCUT2D eigenvalue weighted by atomic mass is 16.6. The molecule has 0 rings (SSSR count). The van der Waals surface area contributed by atoms with Crippen molar-refractivity contribution in [2.24, 2.45) is 0 Å². The van der Waals surface area contributed by atoms with Gasteiger partial charge in [0.05, 0.1) is 6.61 Å². The molecule has 0 aliphatic carbocycles. The predicted octanol–water partition coefficient (Wildman–Crippen LogP) is 9.95. The Kier molecular flexibility index (Phi) is 30.6. The fourth-order valence-corrected chi connectivity index (χ4v) is 4.60. The van der Waals surface area contributed by atoms with Crippen molar-refractivity contribution in [2.45, 2.75) is 174 Å². The molecule has 0 aromatic heterocycles. The van der Waals surface area contributed by atoms with E-state index in [2.05, 4.69) is 38.2 Å². The van der Waals surface area contributed by atoms with Crippen LogP contribution in [0.1, 0.15) is 168 Å². The Bertz CT molecular complexity index is 613. The Hall–Kier alpha value is -1.62. The Labute approximate surface area is 247 Å². The zero-order valence-electron chi connectivity index (χ0n) is 26.4. The van der Waals surface area contributed by atoms with Gasteiger partial charge in [-0.15, -0.1) is 0 Å². The van der Waals surface area contributed by atoms with Gasteiger partial charge in [0.1, 0.15) is 6.61 Å². The van der Waals surface area contributed by atoms with Gasteiger partial charge in [-0.25, -0.2) is 0 Å². The van der Waals surface area contributed by atoms with Crippen LogP contribution in [-0.2, 0) is 19.1 Å². The first-order valence-electron chi connectivity index (χ1n) is 16.9. The zero-order valence-corrected chi connectivity index (χ0v) is 26.4. The summed E-state index contributed by atoms with van der Waals surface area (Å²) in [6.45, 7) is 4.08. The van der Waals surface area contributed by atoms with E-state index >= 15 is 0 Å². The number of hydrogen-bond donors (Lipinski definition) is 1. The summed E-state index contributed by atoms with van der Waals surface area (Å²) >= 11 is 0. The lowest BCUT2D eigenvalue weighted by molar-refractivity contribution is -0.161. The molecule has 0 aliphatic heterocycles. The largest absolute Gasteiger partial charge is 0.462 e. The van der Waals surface area contributed by atoms with E-state index in [1.807, 2.05) is 0 Å². The highest BCUT2D eigenvalue weighted by Gasteiger charge is 2.16. The topological polar surface area (TPSA) is 72.8 Å². The van der Waals surface area contributed by atoms with Crippen molar-refractivity contribution in [2.75, 3.05) is 13.2 Å². The molecule has 0 saturated carbocycles. The van der Waals surface area contributed by atoms with Crippen LogP contribution in [0, 0.1) is 0 Å². The summed E-state index contributed by atoms with van der Waals surface area (Å²) in [7, 11) is 0. The molecule has 0 aromatic rings. The molecule has 1 N–H and O–H groups in total. The monoisotopic (exact) mass is 564 g/mol. The summed E-state index contributed by atoms with van der Waals surface area (Å²) in [4.78, 5) is 24.1. The maximum absolute atomic E-state index is 12.1. The quantitative estimate of drug-likeness (QED) is 0.0534. The highest BCUT2D eigenvalue weighted by Crippen LogP contribution is 2.12. The average Bonchev–Trinajstić information content (AvgIpc) is 2.96. The van der Waals surface area contributed by atoms with Crippen molar-refractivity contribution < 1.29 is 24.2 Å². The maximum Gasteiger partial charge on any atom is 0.306 e. The predicted molar refractivity (Wildman–Crippen MR) is 168 cm³/mol. The molecule has 234 valence electrons. The molecule has 40 heavy (non-hydrogen) atoms. The first-order chi connectivity index (χ1) is 19.6. The highest BCUT2D eigenvalue weighted by molar-refractivity contribution is 5.70. The number of carbonyl (C=O) groups is 2. The zero-order chi connectivity index (χ0) is 29.4. The summed E-state index contributed by atoms with van der Waals surface area (Å²) < 4.78 is 10.5. The molecule has 0 amide bonds. The number of rotatable bonds is 30. The second-order valence-electron chi connectivity index (χ2n) is 11.2. The van der Waals surface area contributed by atoms with Crippen LogP contribution in [0.15, 0.2) is 24.3 Å². The SMILES string of the molecule is CCCCCC/C=C/CCCCCCCC(=O)OC[C@H](CO)OC(=O)CCCCCCC/C=C/CCCCCC. The fraction of sp³-hybridized carbons (Fsp3) is 0.829. The summed E-state index contributed by atoms with van der Waals surface area (Å²) in [6.07, 6.45) is 35.1. The fourth-order valence-electron chi connectivity index (χ4n) is 4.60. The van der Waals surface area contributed by atoms with E-state index in [1.54, 1.807) is 0 Å². The number of carbonyl (C=O) groups excluding carboxylic acids is 2. The van der Waals surface area contributed by atoms with Gasteiger partial charge < -0.3 is 14.6 Å². The van der Waals surface area contributed by atoms with Gasteiger partial charge in [-0.05, 0) is 64.2 Å². The number of ether oxygens (including phenoxy) is 2. The molecule has 0 heterocycles. The molecule has 1 atom stereocenters. The van der Waals surface area contributed by atoms with Crippen molar-refractivity contribution in [3.05, 3.63) is 24.3 Å². The van der Waals surface area contributed by atoms with Crippen LogP contribution in [0.2, 0.25) is 0 Å². The van der Waals surface area contributed by atoms with E-state index in [1.165, 1.54) is 89.9 Å². The lowest BCUT2D eigenvalue weighted by Gasteiger charge is -2.15.